The zero-order valence-electron chi connectivity index (χ0n) is 14.7. The Morgan fingerprint density at radius 3 is 1.52 bits per heavy atom. The van der Waals surface area contributed by atoms with E-state index in [2.05, 4.69) is 6.92 Å². The van der Waals surface area contributed by atoms with E-state index in [1.807, 2.05) is 7.05 Å². The van der Waals surface area contributed by atoms with E-state index in [-0.39, 0.29) is 5.97 Å². The highest BCUT2D eigenvalue weighted by Gasteiger charge is 2.01. The van der Waals surface area contributed by atoms with Crippen LogP contribution in [0.1, 0.15) is 97.3 Å². The zero-order chi connectivity index (χ0) is 15.8. The average molecular weight is 299 g/mol. The minimum atomic E-state index is -0.229. The van der Waals surface area contributed by atoms with Gasteiger partial charge in [0.05, 0.1) is 0 Å². The Kier molecular flexibility index (Phi) is 15.4. The van der Waals surface area contributed by atoms with Crippen molar-refractivity contribution in [2.75, 3.05) is 13.6 Å². The van der Waals surface area contributed by atoms with Gasteiger partial charge < -0.3 is 4.84 Å². The van der Waals surface area contributed by atoms with Crippen LogP contribution in [0.5, 0.6) is 0 Å². The summed E-state index contributed by atoms with van der Waals surface area (Å²) in [6.07, 6.45) is 17.7. The Morgan fingerprint density at radius 2 is 1.14 bits per heavy atom. The fraction of sp³-hybridized carbons (Fsp3) is 0.944. The molecule has 0 unspecified atom stereocenters. The molecule has 0 aromatic rings. The first kappa shape index (κ1) is 20.4. The van der Waals surface area contributed by atoms with Gasteiger partial charge in [-0.05, 0) is 6.42 Å². The Balaban J connectivity index is 3.07. The van der Waals surface area contributed by atoms with Crippen molar-refractivity contribution in [3.8, 4) is 0 Å². The van der Waals surface area contributed by atoms with Gasteiger partial charge in [0.1, 0.15) is 0 Å². The number of carbonyl (C=O) groups excluding carboxylic acids is 1. The van der Waals surface area contributed by atoms with E-state index >= 15 is 0 Å². The lowest BCUT2D eigenvalue weighted by Gasteiger charge is -2.14. The Bertz CT molecular complexity index is 231. The van der Waals surface area contributed by atoms with Crippen LogP contribution in [0.2, 0.25) is 0 Å². The van der Waals surface area contributed by atoms with E-state index < -0.39 is 0 Å². The molecular weight excluding hydrogens is 262 g/mol. The van der Waals surface area contributed by atoms with Gasteiger partial charge in [-0.25, -0.2) is 0 Å². The number of hydrogen-bond acceptors (Lipinski definition) is 3. The molecule has 0 aliphatic rings. The van der Waals surface area contributed by atoms with Gasteiger partial charge in [0, 0.05) is 20.5 Å². The predicted molar refractivity (Wildman–Crippen MR) is 90.1 cm³/mol. The van der Waals surface area contributed by atoms with Crippen molar-refractivity contribution in [2.24, 2.45) is 0 Å². The molecule has 0 rings (SSSR count). The predicted octanol–water partition coefficient (Wildman–Crippen LogP) is 5.49. The molecule has 0 radical (unpaired) electrons. The monoisotopic (exact) mass is 299 g/mol. The van der Waals surface area contributed by atoms with Crippen LogP contribution in [0.3, 0.4) is 0 Å². The van der Waals surface area contributed by atoms with Crippen LogP contribution in [-0.4, -0.2) is 24.6 Å². The third kappa shape index (κ3) is 17.4. The molecule has 0 saturated carbocycles. The first-order chi connectivity index (χ1) is 10.2. The van der Waals surface area contributed by atoms with Crippen LogP contribution in [-0.2, 0) is 9.63 Å². The van der Waals surface area contributed by atoms with Crippen molar-refractivity contribution in [2.45, 2.75) is 97.3 Å². The molecule has 3 nitrogen and oxygen atoms in total. The van der Waals surface area contributed by atoms with Gasteiger partial charge in [-0.3, -0.25) is 4.79 Å². The van der Waals surface area contributed by atoms with E-state index in [1.165, 1.54) is 84.0 Å². The Morgan fingerprint density at radius 1 is 0.762 bits per heavy atom. The molecule has 0 amide bonds. The second-order valence-electron chi connectivity index (χ2n) is 6.18. The third-order valence-electron chi connectivity index (χ3n) is 3.86. The van der Waals surface area contributed by atoms with Gasteiger partial charge in [0.15, 0.2) is 0 Å². The lowest BCUT2D eigenvalue weighted by atomic mass is 10.0. The Labute approximate surface area is 132 Å². The maximum Gasteiger partial charge on any atom is 0.322 e. The van der Waals surface area contributed by atoms with Crippen LogP contribution in [0.4, 0.5) is 0 Å². The number of hydroxylamine groups is 2. The van der Waals surface area contributed by atoms with Crippen molar-refractivity contribution < 1.29 is 9.63 Å². The number of nitrogens with zero attached hydrogens (tertiary/aromatic N) is 1. The quantitative estimate of drug-likeness (QED) is 0.296. The molecule has 0 fully saturated rings. The molecular formula is C18H37NO2. The highest BCUT2D eigenvalue weighted by atomic mass is 16.7. The van der Waals surface area contributed by atoms with E-state index in [1.54, 1.807) is 5.06 Å². The van der Waals surface area contributed by atoms with E-state index in [0.717, 1.165) is 13.0 Å². The van der Waals surface area contributed by atoms with Crippen LogP contribution < -0.4 is 0 Å². The molecule has 0 aliphatic heterocycles. The van der Waals surface area contributed by atoms with Gasteiger partial charge in [0.25, 0.3) is 0 Å². The van der Waals surface area contributed by atoms with Crippen LogP contribution in [0, 0.1) is 0 Å². The van der Waals surface area contributed by atoms with Crippen molar-refractivity contribution >= 4 is 5.97 Å². The summed E-state index contributed by atoms with van der Waals surface area (Å²) in [5.74, 6) is -0.229. The standard InChI is InChI=1S/C18H37NO2/c1-4-5-6-7-8-9-10-11-12-13-14-15-16-17-19(3)21-18(2)20/h4-17H2,1-3H3. The van der Waals surface area contributed by atoms with E-state index in [9.17, 15) is 4.79 Å². The third-order valence-corrected chi connectivity index (χ3v) is 3.86. The summed E-state index contributed by atoms with van der Waals surface area (Å²) in [4.78, 5) is 15.7. The number of rotatable bonds is 15. The minimum absolute atomic E-state index is 0.229. The smallest absolute Gasteiger partial charge is 0.322 e. The summed E-state index contributed by atoms with van der Waals surface area (Å²) in [6, 6.07) is 0. The zero-order valence-corrected chi connectivity index (χ0v) is 14.7. The molecule has 0 atom stereocenters. The summed E-state index contributed by atoms with van der Waals surface area (Å²) in [5, 5.41) is 1.64. The maximum atomic E-state index is 10.7. The molecule has 0 saturated heterocycles. The van der Waals surface area contributed by atoms with Crippen LogP contribution >= 0.6 is 0 Å². The summed E-state index contributed by atoms with van der Waals surface area (Å²) >= 11 is 0. The number of hydrogen-bond donors (Lipinski definition) is 0. The first-order valence-electron chi connectivity index (χ1n) is 9.06. The topological polar surface area (TPSA) is 29.5 Å². The lowest BCUT2D eigenvalue weighted by Crippen LogP contribution is -2.22. The molecule has 0 aliphatic carbocycles. The first-order valence-corrected chi connectivity index (χ1v) is 9.06. The molecule has 0 heterocycles. The second kappa shape index (κ2) is 15.8. The molecule has 0 N–H and O–H groups in total. The maximum absolute atomic E-state index is 10.7. The highest BCUT2D eigenvalue weighted by molar-refractivity contribution is 5.65. The van der Waals surface area contributed by atoms with Crippen LogP contribution in [0.25, 0.3) is 0 Å². The van der Waals surface area contributed by atoms with Gasteiger partial charge in [-0.2, -0.15) is 0 Å². The number of unbranched alkanes of at least 4 members (excludes halogenated alkanes) is 12. The molecule has 0 bridgehead atoms. The number of carbonyl (C=O) groups is 1. The molecule has 0 aromatic heterocycles. The summed E-state index contributed by atoms with van der Waals surface area (Å²) in [7, 11) is 1.82. The van der Waals surface area contributed by atoms with Crippen molar-refractivity contribution in [3.63, 3.8) is 0 Å². The molecule has 21 heavy (non-hydrogen) atoms. The molecule has 126 valence electrons. The SMILES string of the molecule is CCCCCCCCCCCCCCCN(C)OC(C)=O. The minimum Gasteiger partial charge on any atom is -0.369 e. The van der Waals surface area contributed by atoms with Crippen LogP contribution in [0.15, 0.2) is 0 Å². The molecule has 0 aromatic carbocycles. The van der Waals surface area contributed by atoms with Crippen molar-refractivity contribution in [1.29, 1.82) is 0 Å². The lowest BCUT2D eigenvalue weighted by molar-refractivity contribution is -0.181. The fourth-order valence-corrected chi connectivity index (χ4v) is 2.62. The largest absolute Gasteiger partial charge is 0.369 e. The summed E-state index contributed by atoms with van der Waals surface area (Å²) in [5.41, 5.74) is 0. The summed E-state index contributed by atoms with van der Waals surface area (Å²) in [6.45, 7) is 4.56. The van der Waals surface area contributed by atoms with Gasteiger partial charge in [0.2, 0.25) is 0 Å². The molecule has 3 heteroatoms. The van der Waals surface area contributed by atoms with Gasteiger partial charge in [-0.15, -0.1) is 5.06 Å². The van der Waals surface area contributed by atoms with E-state index in [4.69, 9.17) is 4.84 Å². The normalized spacial score (nSPS) is 11.0. The molecule has 0 spiro atoms. The van der Waals surface area contributed by atoms with E-state index in [0.29, 0.717) is 0 Å². The average Bonchev–Trinajstić information content (AvgIpc) is 2.43. The highest BCUT2D eigenvalue weighted by Crippen LogP contribution is 2.12. The van der Waals surface area contributed by atoms with Crippen molar-refractivity contribution in [3.05, 3.63) is 0 Å². The second-order valence-corrected chi connectivity index (χ2v) is 6.18. The Hall–Kier alpha value is -0.570. The summed E-state index contributed by atoms with van der Waals surface area (Å²) < 4.78 is 0. The van der Waals surface area contributed by atoms with Crippen molar-refractivity contribution in [1.82, 2.24) is 5.06 Å². The van der Waals surface area contributed by atoms with Gasteiger partial charge >= 0.3 is 5.97 Å². The fourth-order valence-electron chi connectivity index (χ4n) is 2.62. The van der Waals surface area contributed by atoms with Gasteiger partial charge in [-0.1, -0.05) is 84.0 Å².